The van der Waals surface area contributed by atoms with Gasteiger partial charge < -0.3 is 10.6 Å². The molecule has 2 aromatic rings. The van der Waals surface area contributed by atoms with E-state index in [0.717, 1.165) is 11.3 Å². The number of hydrogen-bond donors (Lipinski definition) is 1. The Morgan fingerprint density at radius 1 is 1.39 bits per heavy atom. The first-order valence-electron chi connectivity index (χ1n) is 5.74. The molecule has 0 unspecified atom stereocenters. The molecule has 5 heteroatoms. The number of para-hydroxylation sites is 1. The number of hydrogen-bond acceptors (Lipinski definition) is 3. The Morgan fingerprint density at radius 3 is 2.61 bits per heavy atom. The fourth-order valence-electron chi connectivity index (χ4n) is 2.00. The average molecular weight is 248 g/mol. The highest BCUT2D eigenvalue weighted by Gasteiger charge is 2.14. The van der Waals surface area contributed by atoms with Gasteiger partial charge in [-0.3, -0.25) is 4.68 Å². The van der Waals surface area contributed by atoms with Crippen molar-refractivity contribution in [2.75, 3.05) is 17.7 Å². The Kier molecular flexibility index (Phi) is 3.23. The van der Waals surface area contributed by atoms with Crippen molar-refractivity contribution in [3.05, 3.63) is 41.3 Å². The lowest BCUT2D eigenvalue weighted by Crippen LogP contribution is -2.18. The summed E-state index contributed by atoms with van der Waals surface area (Å²) in [6, 6.07) is 6.69. The third kappa shape index (κ3) is 2.16. The van der Waals surface area contributed by atoms with Gasteiger partial charge in [0.2, 0.25) is 0 Å². The second-order valence-corrected chi connectivity index (χ2v) is 4.38. The van der Waals surface area contributed by atoms with Crippen LogP contribution in [0.3, 0.4) is 0 Å². The predicted molar refractivity (Wildman–Crippen MR) is 70.9 cm³/mol. The predicted octanol–water partition coefficient (Wildman–Crippen LogP) is 2.09. The normalized spacial score (nSPS) is 10.7. The molecule has 0 aliphatic rings. The molecule has 0 saturated heterocycles. The largest absolute Gasteiger partial charge is 0.384 e. The van der Waals surface area contributed by atoms with Crippen LogP contribution in [0.2, 0.25) is 0 Å². The van der Waals surface area contributed by atoms with Crippen molar-refractivity contribution in [3.8, 4) is 0 Å². The summed E-state index contributed by atoms with van der Waals surface area (Å²) in [5, 5.41) is 4.25. The molecule has 0 fully saturated rings. The summed E-state index contributed by atoms with van der Waals surface area (Å²) in [5.41, 5.74) is 8.31. The number of nitrogen functional groups attached to an aromatic ring is 1. The van der Waals surface area contributed by atoms with Crippen LogP contribution in [-0.4, -0.2) is 16.8 Å². The Labute approximate surface area is 106 Å². The minimum Gasteiger partial charge on any atom is -0.384 e. The van der Waals surface area contributed by atoms with Crippen molar-refractivity contribution >= 4 is 11.5 Å². The second-order valence-electron chi connectivity index (χ2n) is 4.38. The Hall–Kier alpha value is -2.04. The number of halogens is 1. The van der Waals surface area contributed by atoms with Crippen molar-refractivity contribution < 1.29 is 4.39 Å². The van der Waals surface area contributed by atoms with Crippen LogP contribution in [0.15, 0.2) is 24.3 Å². The summed E-state index contributed by atoms with van der Waals surface area (Å²) in [4.78, 5) is 1.83. The molecule has 96 valence electrons. The number of aromatic nitrogens is 2. The van der Waals surface area contributed by atoms with E-state index < -0.39 is 0 Å². The maximum Gasteiger partial charge on any atom is 0.146 e. The van der Waals surface area contributed by atoms with Gasteiger partial charge in [0.15, 0.2) is 0 Å². The van der Waals surface area contributed by atoms with E-state index in [2.05, 4.69) is 5.10 Å². The second kappa shape index (κ2) is 4.68. The highest BCUT2D eigenvalue weighted by molar-refractivity contribution is 5.51. The smallest absolute Gasteiger partial charge is 0.146 e. The zero-order valence-electron chi connectivity index (χ0n) is 10.8. The first kappa shape index (κ1) is 12.4. The standard InChI is InChI=1S/C13H17FN4/c1-9-10(13(15)18(3)16-9)8-17(2)12-7-5-4-6-11(12)14/h4-7H,8,15H2,1-3H3. The summed E-state index contributed by atoms with van der Waals surface area (Å²) in [7, 11) is 3.64. The maximum absolute atomic E-state index is 13.7. The summed E-state index contributed by atoms with van der Waals surface area (Å²) < 4.78 is 15.3. The number of benzene rings is 1. The van der Waals surface area contributed by atoms with Crippen LogP contribution >= 0.6 is 0 Å². The highest BCUT2D eigenvalue weighted by Crippen LogP contribution is 2.22. The molecule has 2 rings (SSSR count). The quantitative estimate of drug-likeness (QED) is 0.904. The van der Waals surface area contributed by atoms with Crippen molar-refractivity contribution in [1.82, 2.24) is 9.78 Å². The molecular weight excluding hydrogens is 231 g/mol. The van der Waals surface area contributed by atoms with E-state index in [1.807, 2.05) is 24.9 Å². The van der Waals surface area contributed by atoms with Crippen LogP contribution in [0.1, 0.15) is 11.3 Å². The summed E-state index contributed by atoms with van der Waals surface area (Å²) in [6.07, 6.45) is 0. The monoisotopic (exact) mass is 248 g/mol. The first-order chi connectivity index (χ1) is 8.50. The minimum absolute atomic E-state index is 0.236. The van der Waals surface area contributed by atoms with Gasteiger partial charge in [-0.15, -0.1) is 0 Å². The van der Waals surface area contributed by atoms with Crippen molar-refractivity contribution in [1.29, 1.82) is 0 Å². The van der Waals surface area contributed by atoms with Gasteiger partial charge in [-0.25, -0.2) is 4.39 Å². The maximum atomic E-state index is 13.7. The van der Waals surface area contributed by atoms with Crippen LogP contribution in [-0.2, 0) is 13.6 Å². The van der Waals surface area contributed by atoms with Gasteiger partial charge >= 0.3 is 0 Å². The van der Waals surface area contributed by atoms with Gasteiger partial charge in [0.25, 0.3) is 0 Å². The van der Waals surface area contributed by atoms with E-state index in [9.17, 15) is 4.39 Å². The van der Waals surface area contributed by atoms with E-state index in [1.165, 1.54) is 6.07 Å². The Morgan fingerprint density at radius 2 is 2.06 bits per heavy atom. The van der Waals surface area contributed by atoms with Crippen molar-refractivity contribution in [2.24, 2.45) is 7.05 Å². The van der Waals surface area contributed by atoms with E-state index in [0.29, 0.717) is 18.1 Å². The van der Waals surface area contributed by atoms with Crippen LogP contribution in [0.5, 0.6) is 0 Å². The van der Waals surface area contributed by atoms with Crippen LogP contribution in [0.4, 0.5) is 15.9 Å². The van der Waals surface area contributed by atoms with E-state index in [-0.39, 0.29) is 5.82 Å². The lowest BCUT2D eigenvalue weighted by molar-refractivity contribution is 0.622. The number of nitrogens with two attached hydrogens (primary N) is 1. The zero-order valence-corrected chi connectivity index (χ0v) is 10.8. The molecule has 0 spiro atoms. The molecule has 1 aromatic heterocycles. The molecule has 0 amide bonds. The van der Waals surface area contributed by atoms with Gasteiger partial charge in [-0.05, 0) is 19.1 Å². The average Bonchev–Trinajstić information content (AvgIpc) is 2.56. The van der Waals surface area contributed by atoms with E-state index in [1.54, 1.807) is 23.9 Å². The summed E-state index contributed by atoms with van der Waals surface area (Å²) >= 11 is 0. The fourth-order valence-corrected chi connectivity index (χ4v) is 2.00. The van der Waals surface area contributed by atoms with Crippen molar-refractivity contribution in [3.63, 3.8) is 0 Å². The van der Waals surface area contributed by atoms with Gasteiger partial charge in [0, 0.05) is 26.2 Å². The molecule has 0 bridgehead atoms. The Balaban J connectivity index is 2.27. The van der Waals surface area contributed by atoms with Gasteiger partial charge in [-0.2, -0.15) is 5.10 Å². The molecule has 0 radical (unpaired) electrons. The molecule has 0 saturated carbocycles. The molecule has 0 aliphatic heterocycles. The third-order valence-electron chi connectivity index (χ3n) is 3.05. The summed E-state index contributed by atoms with van der Waals surface area (Å²) in [5.74, 6) is 0.385. The van der Waals surface area contributed by atoms with Gasteiger partial charge in [-0.1, -0.05) is 12.1 Å². The molecule has 4 nitrogen and oxygen atoms in total. The fraction of sp³-hybridized carbons (Fsp3) is 0.308. The van der Waals surface area contributed by atoms with Crippen molar-refractivity contribution in [2.45, 2.75) is 13.5 Å². The highest BCUT2D eigenvalue weighted by atomic mass is 19.1. The first-order valence-corrected chi connectivity index (χ1v) is 5.74. The molecule has 1 aromatic carbocycles. The lowest BCUT2D eigenvalue weighted by Gasteiger charge is -2.19. The van der Waals surface area contributed by atoms with Crippen LogP contribution in [0, 0.1) is 12.7 Å². The molecule has 0 atom stereocenters. The molecule has 18 heavy (non-hydrogen) atoms. The van der Waals surface area contributed by atoms with Gasteiger partial charge in [0.1, 0.15) is 11.6 Å². The number of aryl methyl sites for hydroxylation is 2. The molecule has 0 aliphatic carbocycles. The van der Waals surface area contributed by atoms with Crippen LogP contribution < -0.4 is 10.6 Å². The number of rotatable bonds is 3. The zero-order chi connectivity index (χ0) is 13.3. The number of anilines is 2. The third-order valence-corrected chi connectivity index (χ3v) is 3.05. The topological polar surface area (TPSA) is 47.1 Å². The van der Waals surface area contributed by atoms with E-state index in [4.69, 9.17) is 5.73 Å². The van der Waals surface area contributed by atoms with E-state index >= 15 is 0 Å². The molecular formula is C13H17FN4. The van der Waals surface area contributed by atoms with Gasteiger partial charge in [0.05, 0.1) is 11.4 Å². The summed E-state index contributed by atoms with van der Waals surface area (Å²) in [6.45, 7) is 2.44. The van der Waals surface area contributed by atoms with Crippen LogP contribution in [0.25, 0.3) is 0 Å². The Bertz CT molecular complexity index is 562. The molecule has 2 N–H and O–H groups in total. The number of nitrogens with zero attached hydrogens (tertiary/aromatic N) is 3. The SMILES string of the molecule is Cc1nn(C)c(N)c1CN(C)c1ccccc1F. The lowest BCUT2D eigenvalue weighted by atomic mass is 10.2. The minimum atomic E-state index is -0.236. The molecule has 1 heterocycles.